The van der Waals surface area contributed by atoms with E-state index in [1.807, 2.05) is 19.9 Å². The fourth-order valence-electron chi connectivity index (χ4n) is 2.00. The number of alkyl halides is 2. The smallest absolute Gasteiger partial charge is 0.387 e. The Morgan fingerprint density at radius 1 is 1.20 bits per heavy atom. The zero-order valence-corrected chi connectivity index (χ0v) is 11.3. The van der Waals surface area contributed by atoms with E-state index in [1.165, 1.54) is 6.07 Å². The summed E-state index contributed by atoms with van der Waals surface area (Å²) in [6.45, 7) is 0.996. The lowest BCUT2D eigenvalue weighted by Crippen LogP contribution is -2.11. The molecule has 0 bridgehead atoms. The molecule has 0 radical (unpaired) electrons. The number of pyridine rings is 1. The van der Waals surface area contributed by atoms with Crippen LogP contribution in [0.15, 0.2) is 42.7 Å². The Kier molecular flexibility index (Phi) is 4.50. The van der Waals surface area contributed by atoms with Gasteiger partial charge >= 0.3 is 6.61 Å². The topological polar surface area (TPSA) is 34.2 Å². The van der Waals surface area contributed by atoms with E-state index in [0.29, 0.717) is 5.56 Å². The van der Waals surface area contributed by atoms with Crippen molar-refractivity contribution in [1.82, 2.24) is 4.98 Å². The standard InChI is InChI=1S/C15H16F2N2O/c1-10-7-12(9-18-8-10)19-11(2)13-5-3-4-6-14(13)20-15(16)17/h3-9,11,15,19H,1-2H3. The van der Waals surface area contributed by atoms with Crippen LogP contribution < -0.4 is 10.1 Å². The van der Waals surface area contributed by atoms with Gasteiger partial charge in [-0.2, -0.15) is 8.78 Å². The van der Waals surface area contributed by atoms with Crippen LogP contribution in [-0.2, 0) is 0 Å². The molecule has 0 spiro atoms. The lowest BCUT2D eigenvalue weighted by Gasteiger charge is -2.19. The highest BCUT2D eigenvalue weighted by molar-refractivity contribution is 5.47. The summed E-state index contributed by atoms with van der Waals surface area (Å²) in [5.74, 6) is 0.183. The van der Waals surface area contributed by atoms with Gasteiger partial charge in [0.15, 0.2) is 0 Å². The average molecular weight is 278 g/mol. The lowest BCUT2D eigenvalue weighted by atomic mass is 10.1. The van der Waals surface area contributed by atoms with Crippen molar-refractivity contribution in [3.8, 4) is 5.75 Å². The van der Waals surface area contributed by atoms with Crippen LogP contribution in [0.3, 0.4) is 0 Å². The molecule has 0 aliphatic rings. The zero-order chi connectivity index (χ0) is 14.5. The second-order valence-corrected chi connectivity index (χ2v) is 4.53. The van der Waals surface area contributed by atoms with E-state index in [-0.39, 0.29) is 11.8 Å². The fourth-order valence-corrected chi connectivity index (χ4v) is 2.00. The summed E-state index contributed by atoms with van der Waals surface area (Å²) in [6, 6.07) is 8.53. The maximum Gasteiger partial charge on any atom is 0.387 e. The number of nitrogens with zero attached hydrogens (tertiary/aromatic N) is 1. The van der Waals surface area contributed by atoms with Gasteiger partial charge in [-0.3, -0.25) is 4.98 Å². The molecule has 3 nitrogen and oxygen atoms in total. The Morgan fingerprint density at radius 3 is 2.65 bits per heavy atom. The summed E-state index contributed by atoms with van der Waals surface area (Å²) in [7, 11) is 0. The molecule has 1 aromatic carbocycles. The Labute approximate surface area is 116 Å². The van der Waals surface area contributed by atoms with Crippen LogP contribution in [0.25, 0.3) is 0 Å². The minimum absolute atomic E-state index is 0.173. The number of halogens is 2. The average Bonchev–Trinajstić information content (AvgIpc) is 2.38. The van der Waals surface area contributed by atoms with E-state index < -0.39 is 6.61 Å². The second kappa shape index (κ2) is 6.32. The molecule has 2 rings (SSSR count). The minimum atomic E-state index is -2.83. The molecule has 0 fully saturated rings. The third kappa shape index (κ3) is 3.66. The Hall–Kier alpha value is -2.17. The van der Waals surface area contributed by atoms with E-state index in [0.717, 1.165) is 11.3 Å². The number of aromatic nitrogens is 1. The Morgan fingerprint density at radius 2 is 1.95 bits per heavy atom. The van der Waals surface area contributed by atoms with Crippen LogP contribution in [0, 0.1) is 6.92 Å². The maximum absolute atomic E-state index is 12.4. The molecule has 0 saturated carbocycles. The molecule has 1 aromatic heterocycles. The molecule has 0 aliphatic carbocycles. The van der Waals surface area contributed by atoms with Crippen LogP contribution in [0.2, 0.25) is 0 Å². The van der Waals surface area contributed by atoms with E-state index in [1.54, 1.807) is 30.6 Å². The number of rotatable bonds is 5. The van der Waals surface area contributed by atoms with Crippen LogP contribution in [-0.4, -0.2) is 11.6 Å². The third-order valence-electron chi connectivity index (χ3n) is 2.86. The fraction of sp³-hybridized carbons (Fsp3) is 0.267. The van der Waals surface area contributed by atoms with Crippen LogP contribution in [0.4, 0.5) is 14.5 Å². The van der Waals surface area contributed by atoms with E-state index in [4.69, 9.17) is 0 Å². The molecule has 0 aliphatic heterocycles. The van der Waals surface area contributed by atoms with E-state index in [9.17, 15) is 8.78 Å². The van der Waals surface area contributed by atoms with Crippen molar-refractivity contribution in [2.45, 2.75) is 26.5 Å². The number of para-hydroxylation sites is 1. The first-order chi connectivity index (χ1) is 9.56. The van der Waals surface area contributed by atoms with Crippen molar-refractivity contribution in [2.75, 3.05) is 5.32 Å². The third-order valence-corrected chi connectivity index (χ3v) is 2.86. The summed E-state index contributed by atoms with van der Waals surface area (Å²) in [5, 5.41) is 3.23. The molecular formula is C15H16F2N2O. The second-order valence-electron chi connectivity index (χ2n) is 4.53. The van der Waals surface area contributed by atoms with Gasteiger partial charge in [0.1, 0.15) is 5.75 Å². The highest BCUT2D eigenvalue weighted by Crippen LogP contribution is 2.28. The highest BCUT2D eigenvalue weighted by Gasteiger charge is 2.14. The number of nitrogens with one attached hydrogen (secondary N) is 1. The van der Waals surface area contributed by atoms with Gasteiger partial charge in [0.05, 0.1) is 11.7 Å². The molecule has 20 heavy (non-hydrogen) atoms. The van der Waals surface area contributed by atoms with Crippen LogP contribution >= 0.6 is 0 Å². The van der Waals surface area contributed by atoms with Crippen molar-refractivity contribution in [1.29, 1.82) is 0 Å². The van der Waals surface area contributed by atoms with Gasteiger partial charge in [-0.1, -0.05) is 18.2 Å². The lowest BCUT2D eigenvalue weighted by molar-refractivity contribution is -0.0505. The predicted molar refractivity (Wildman–Crippen MR) is 74.1 cm³/mol. The maximum atomic E-state index is 12.4. The number of hydrogen-bond acceptors (Lipinski definition) is 3. The molecule has 1 N–H and O–H groups in total. The Balaban J connectivity index is 2.18. The van der Waals surface area contributed by atoms with E-state index >= 15 is 0 Å². The minimum Gasteiger partial charge on any atom is -0.434 e. The van der Waals surface area contributed by atoms with Crippen LogP contribution in [0.1, 0.15) is 24.1 Å². The van der Waals surface area contributed by atoms with Gasteiger partial charge < -0.3 is 10.1 Å². The first kappa shape index (κ1) is 14.2. The van der Waals surface area contributed by atoms with Gasteiger partial charge in [-0.15, -0.1) is 0 Å². The van der Waals surface area contributed by atoms with Crippen LogP contribution in [0.5, 0.6) is 5.75 Å². The van der Waals surface area contributed by atoms with Crippen molar-refractivity contribution in [3.05, 3.63) is 53.9 Å². The van der Waals surface area contributed by atoms with Crippen molar-refractivity contribution in [2.24, 2.45) is 0 Å². The first-order valence-electron chi connectivity index (χ1n) is 6.28. The van der Waals surface area contributed by atoms with E-state index in [2.05, 4.69) is 15.0 Å². The molecule has 5 heteroatoms. The highest BCUT2D eigenvalue weighted by atomic mass is 19.3. The molecular weight excluding hydrogens is 262 g/mol. The molecule has 1 unspecified atom stereocenters. The SMILES string of the molecule is Cc1cncc(NC(C)c2ccccc2OC(F)F)c1. The molecule has 1 heterocycles. The number of benzene rings is 1. The summed E-state index contributed by atoms with van der Waals surface area (Å²) in [6.07, 6.45) is 3.45. The quantitative estimate of drug-likeness (QED) is 0.891. The number of hydrogen-bond donors (Lipinski definition) is 1. The molecule has 1 atom stereocenters. The van der Waals surface area contributed by atoms with Crippen molar-refractivity contribution < 1.29 is 13.5 Å². The molecule has 0 saturated heterocycles. The van der Waals surface area contributed by atoms with Gasteiger partial charge in [0.25, 0.3) is 0 Å². The van der Waals surface area contributed by atoms with Gasteiger partial charge in [0.2, 0.25) is 0 Å². The zero-order valence-electron chi connectivity index (χ0n) is 11.3. The summed E-state index contributed by atoms with van der Waals surface area (Å²) in [5.41, 5.74) is 2.54. The number of aryl methyl sites for hydroxylation is 1. The number of anilines is 1. The Bertz CT molecular complexity index is 575. The first-order valence-corrected chi connectivity index (χ1v) is 6.28. The van der Waals surface area contributed by atoms with Gasteiger partial charge in [-0.05, 0) is 31.5 Å². The normalized spacial score (nSPS) is 12.2. The number of ether oxygens (including phenoxy) is 1. The molecule has 106 valence electrons. The summed E-state index contributed by atoms with van der Waals surface area (Å²) >= 11 is 0. The predicted octanol–water partition coefficient (Wildman–Crippen LogP) is 4.16. The molecule has 0 amide bonds. The summed E-state index contributed by atoms with van der Waals surface area (Å²) in [4.78, 5) is 4.09. The van der Waals surface area contributed by atoms with Gasteiger partial charge in [-0.25, -0.2) is 0 Å². The van der Waals surface area contributed by atoms with Crippen molar-refractivity contribution in [3.63, 3.8) is 0 Å². The van der Waals surface area contributed by atoms with Gasteiger partial charge in [0, 0.05) is 18.0 Å². The summed E-state index contributed by atoms with van der Waals surface area (Å²) < 4.78 is 29.3. The monoisotopic (exact) mass is 278 g/mol. The van der Waals surface area contributed by atoms with Crippen molar-refractivity contribution >= 4 is 5.69 Å². The largest absolute Gasteiger partial charge is 0.434 e. The molecule has 2 aromatic rings.